The molecule has 1 aliphatic rings. The molecule has 2 rings (SSSR count). The monoisotopic (exact) mass is 274 g/mol. The average molecular weight is 274 g/mol. The van der Waals surface area contributed by atoms with E-state index in [0.717, 1.165) is 12.6 Å². The van der Waals surface area contributed by atoms with Gasteiger partial charge in [0.2, 0.25) is 0 Å². The van der Waals surface area contributed by atoms with Gasteiger partial charge >= 0.3 is 0 Å². The molecule has 0 amide bonds. The summed E-state index contributed by atoms with van der Waals surface area (Å²) in [4.78, 5) is 2.67. The van der Waals surface area contributed by atoms with Gasteiger partial charge in [0.05, 0.1) is 0 Å². The number of benzene rings is 1. The summed E-state index contributed by atoms with van der Waals surface area (Å²) in [5.41, 5.74) is 7.91. The highest BCUT2D eigenvalue weighted by Crippen LogP contribution is 2.36. The summed E-state index contributed by atoms with van der Waals surface area (Å²) < 4.78 is 0. The zero-order valence-electron chi connectivity index (χ0n) is 13.3. The summed E-state index contributed by atoms with van der Waals surface area (Å²) in [6, 6.07) is 11.5. The van der Waals surface area contributed by atoms with Gasteiger partial charge in [-0.15, -0.1) is 0 Å². The van der Waals surface area contributed by atoms with Crippen LogP contribution in [0.4, 0.5) is 0 Å². The Morgan fingerprint density at radius 1 is 1.25 bits per heavy atom. The molecular weight excluding hydrogens is 244 g/mol. The van der Waals surface area contributed by atoms with E-state index in [9.17, 15) is 0 Å². The van der Waals surface area contributed by atoms with Crippen molar-refractivity contribution in [1.29, 1.82) is 0 Å². The summed E-state index contributed by atoms with van der Waals surface area (Å²) in [5.74, 6) is 0. The van der Waals surface area contributed by atoms with Crippen LogP contribution in [0.5, 0.6) is 0 Å². The number of hydrogen-bond donors (Lipinski definition) is 1. The van der Waals surface area contributed by atoms with Crippen molar-refractivity contribution < 1.29 is 0 Å². The Morgan fingerprint density at radius 2 is 1.90 bits per heavy atom. The Morgan fingerprint density at radius 3 is 2.45 bits per heavy atom. The molecule has 2 nitrogen and oxygen atoms in total. The first-order valence-electron chi connectivity index (χ1n) is 8.09. The molecule has 0 spiro atoms. The molecule has 0 aliphatic heterocycles. The van der Waals surface area contributed by atoms with Gasteiger partial charge in [-0.1, -0.05) is 57.5 Å². The minimum absolute atomic E-state index is 0.103. The predicted molar refractivity (Wildman–Crippen MR) is 86.7 cm³/mol. The molecule has 0 saturated heterocycles. The molecule has 1 fully saturated rings. The van der Waals surface area contributed by atoms with Crippen LogP contribution in [0.2, 0.25) is 0 Å². The molecule has 0 heterocycles. The third kappa shape index (κ3) is 4.07. The fraction of sp³-hybridized carbons (Fsp3) is 0.667. The first-order chi connectivity index (χ1) is 9.54. The van der Waals surface area contributed by atoms with E-state index < -0.39 is 0 Å². The van der Waals surface area contributed by atoms with Crippen molar-refractivity contribution >= 4 is 0 Å². The van der Waals surface area contributed by atoms with Crippen LogP contribution in [0.1, 0.15) is 58.1 Å². The second kappa shape index (κ2) is 6.73. The van der Waals surface area contributed by atoms with Gasteiger partial charge in [0, 0.05) is 18.6 Å². The molecular formula is C18H30N2. The van der Waals surface area contributed by atoms with Gasteiger partial charge in [0.15, 0.2) is 0 Å². The van der Waals surface area contributed by atoms with E-state index in [2.05, 4.69) is 56.0 Å². The van der Waals surface area contributed by atoms with Crippen LogP contribution in [-0.4, -0.2) is 24.0 Å². The van der Waals surface area contributed by atoms with Gasteiger partial charge in [-0.25, -0.2) is 0 Å². The van der Waals surface area contributed by atoms with Crippen LogP contribution in [0, 0.1) is 5.41 Å². The van der Waals surface area contributed by atoms with Crippen LogP contribution < -0.4 is 5.73 Å². The van der Waals surface area contributed by atoms with Crippen molar-refractivity contribution in [1.82, 2.24) is 4.90 Å². The topological polar surface area (TPSA) is 29.3 Å². The van der Waals surface area contributed by atoms with Crippen molar-refractivity contribution in [2.45, 2.75) is 58.5 Å². The number of nitrogens with two attached hydrogens (primary N) is 1. The van der Waals surface area contributed by atoms with Crippen LogP contribution >= 0.6 is 0 Å². The summed E-state index contributed by atoms with van der Waals surface area (Å²) in [6.07, 6.45) is 5.32. The lowest BCUT2D eigenvalue weighted by molar-refractivity contribution is 0.143. The molecule has 2 N–H and O–H groups in total. The fourth-order valence-electron chi connectivity index (χ4n) is 2.92. The van der Waals surface area contributed by atoms with Crippen molar-refractivity contribution in [3.8, 4) is 0 Å². The number of rotatable bonds is 8. The number of unbranched alkanes of at least 4 members (excludes halogenated alkanes) is 1. The molecule has 1 saturated carbocycles. The van der Waals surface area contributed by atoms with Crippen LogP contribution in [0.15, 0.2) is 30.3 Å². The zero-order valence-corrected chi connectivity index (χ0v) is 13.3. The van der Waals surface area contributed by atoms with E-state index in [1.165, 1.54) is 37.8 Å². The average Bonchev–Trinajstić information content (AvgIpc) is 3.28. The molecule has 1 atom stereocenters. The van der Waals surface area contributed by atoms with Gasteiger partial charge in [-0.05, 0) is 36.8 Å². The Hall–Kier alpha value is -0.860. The molecule has 1 aromatic carbocycles. The molecule has 20 heavy (non-hydrogen) atoms. The van der Waals surface area contributed by atoms with E-state index in [4.69, 9.17) is 5.73 Å². The first kappa shape index (κ1) is 15.5. The van der Waals surface area contributed by atoms with Gasteiger partial charge in [-0.3, -0.25) is 4.90 Å². The Labute approximate surface area is 124 Å². The maximum atomic E-state index is 6.54. The summed E-state index contributed by atoms with van der Waals surface area (Å²) >= 11 is 0. The second-order valence-corrected chi connectivity index (χ2v) is 6.93. The lowest BCUT2D eigenvalue weighted by Gasteiger charge is -2.37. The van der Waals surface area contributed by atoms with Crippen LogP contribution in [0.25, 0.3) is 0 Å². The van der Waals surface area contributed by atoms with E-state index in [-0.39, 0.29) is 11.5 Å². The molecule has 1 unspecified atom stereocenters. The smallest absolute Gasteiger partial charge is 0.0359 e. The van der Waals surface area contributed by atoms with Crippen LogP contribution in [-0.2, 0) is 0 Å². The third-order valence-corrected chi connectivity index (χ3v) is 4.47. The summed E-state index contributed by atoms with van der Waals surface area (Å²) in [6.45, 7) is 9.23. The summed E-state index contributed by atoms with van der Waals surface area (Å²) in [7, 11) is 0. The molecule has 2 heteroatoms. The first-order valence-corrected chi connectivity index (χ1v) is 8.09. The standard InChI is InChI=1S/C18H30N2/c1-4-5-13-20(16-11-12-16)14-18(2,3)17(19)15-9-7-6-8-10-15/h6-10,16-17H,4-5,11-14,19H2,1-3H3. The van der Waals surface area contributed by atoms with Gasteiger partial charge in [-0.2, -0.15) is 0 Å². The van der Waals surface area contributed by atoms with Gasteiger partial charge < -0.3 is 5.73 Å². The summed E-state index contributed by atoms with van der Waals surface area (Å²) in [5, 5.41) is 0. The maximum Gasteiger partial charge on any atom is 0.0359 e. The van der Waals surface area contributed by atoms with E-state index in [1.807, 2.05) is 0 Å². The minimum Gasteiger partial charge on any atom is -0.323 e. The van der Waals surface area contributed by atoms with E-state index >= 15 is 0 Å². The van der Waals surface area contributed by atoms with Gasteiger partial charge in [0.1, 0.15) is 0 Å². The Bertz CT molecular complexity index is 395. The molecule has 112 valence electrons. The SMILES string of the molecule is CCCCN(CC(C)(C)C(N)c1ccccc1)C1CC1. The van der Waals surface area contributed by atoms with E-state index in [0.29, 0.717) is 0 Å². The molecule has 0 aromatic heterocycles. The van der Waals surface area contributed by atoms with Crippen molar-refractivity contribution in [3.05, 3.63) is 35.9 Å². The predicted octanol–water partition coefficient (Wildman–Crippen LogP) is 3.98. The normalized spacial score (nSPS) is 17.4. The lowest BCUT2D eigenvalue weighted by atomic mass is 9.80. The molecule has 0 radical (unpaired) electrons. The second-order valence-electron chi connectivity index (χ2n) is 6.93. The van der Waals surface area contributed by atoms with Crippen molar-refractivity contribution in [3.63, 3.8) is 0 Å². The highest BCUT2D eigenvalue weighted by molar-refractivity contribution is 5.20. The highest BCUT2D eigenvalue weighted by atomic mass is 15.2. The quantitative estimate of drug-likeness (QED) is 0.777. The third-order valence-electron chi connectivity index (χ3n) is 4.47. The molecule has 0 bridgehead atoms. The Kier molecular flexibility index (Phi) is 5.22. The lowest BCUT2D eigenvalue weighted by Crippen LogP contribution is -2.42. The molecule has 1 aromatic rings. The number of nitrogens with zero attached hydrogens (tertiary/aromatic N) is 1. The molecule has 1 aliphatic carbocycles. The van der Waals surface area contributed by atoms with Crippen molar-refractivity contribution in [2.75, 3.05) is 13.1 Å². The maximum absolute atomic E-state index is 6.54. The largest absolute Gasteiger partial charge is 0.323 e. The minimum atomic E-state index is 0.103. The van der Waals surface area contributed by atoms with Gasteiger partial charge in [0.25, 0.3) is 0 Å². The number of hydrogen-bond acceptors (Lipinski definition) is 2. The zero-order chi connectivity index (χ0) is 14.6. The van der Waals surface area contributed by atoms with Crippen molar-refractivity contribution in [2.24, 2.45) is 11.1 Å². The van der Waals surface area contributed by atoms with Crippen LogP contribution in [0.3, 0.4) is 0 Å². The Balaban J connectivity index is 2.00. The fourth-order valence-corrected chi connectivity index (χ4v) is 2.92. The highest BCUT2D eigenvalue weighted by Gasteiger charge is 2.35. The van der Waals surface area contributed by atoms with E-state index in [1.54, 1.807) is 0 Å².